The first kappa shape index (κ1) is 15.2. The number of hydrogen-bond acceptors (Lipinski definition) is 2. The number of hydrogen-bond donors (Lipinski definition) is 1. The fourth-order valence-corrected chi connectivity index (χ4v) is 2.72. The summed E-state index contributed by atoms with van der Waals surface area (Å²) in [6.07, 6.45) is 6.48. The molecular weight excluding hydrogens is 320 g/mol. The van der Waals surface area contributed by atoms with Crippen molar-refractivity contribution in [3.8, 4) is 11.1 Å². The van der Waals surface area contributed by atoms with Crippen LogP contribution in [0.3, 0.4) is 0 Å². The Morgan fingerprint density at radius 3 is 2.36 bits per heavy atom. The maximum absolute atomic E-state index is 13.7. The van der Waals surface area contributed by atoms with Crippen molar-refractivity contribution in [1.82, 2.24) is 15.2 Å². The highest BCUT2D eigenvalue weighted by Gasteiger charge is 2.07. The molecule has 0 unspecified atom stereocenters. The molecule has 0 atom stereocenters. The van der Waals surface area contributed by atoms with Crippen molar-refractivity contribution in [2.45, 2.75) is 0 Å². The van der Waals surface area contributed by atoms with Crippen LogP contribution < -0.4 is 0 Å². The lowest BCUT2D eigenvalue weighted by molar-refractivity contribution is 0.579. The second kappa shape index (κ2) is 6.28. The third-order valence-corrected chi connectivity index (χ3v) is 4.01. The van der Waals surface area contributed by atoms with Gasteiger partial charge in [0.15, 0.2) is 0 Å². The molecule has 0 bridgehead atoms. The number of rotatable bonds is 3. The summed E-state index contributed by atoms with van der Waals surface area (Å²) in [5, 5.41) is 8.08. The number of aromatic amines is 1. The van der Waals surface area contributed by atoms with Crippen molar-refractivity contribution in [3.05, 3.63) is 83.8 Å². The van der Waals surface area contributed by atoms with E-state index in [1.807, 2.05) is 30.3 Å². The Morgan fingerprint density at radius 1 is 0.840 bits per heavy atom. The Balaban J connectivity index is 1.71. The second-order valence-electron chi connectivity index (χ2n) is 5.57. The van der Waals surface area contributed by atoms with Crippen LogP contribution in [0.5, 0.6) is 0 Å². The summed E-state index contributed by atoms with van der Waals surface area (Å²) in [5.74, 6) is -1.20. The van der Waals surface area contributed by atoms with Crippen LogP contribution in [0.15, 0.2) is 60.9 Å². The van der Waals surface area contributed by atoms with Gasteiger partial charge in [0.1, 0.15) is 11.6 Å². The molecule has 2 aromatic heterocycles. The molecule has 0 saturated heterocycles. The lowest BCUT2D eigenvalue weighted by Crippen LogP contribution is -1.87. The molecule has 2 aromatic carbocycles. The molecule has 1 N–H and O–H groups in total. The first-order valence-corrected chi connectivity index (χ1v) is 7.73. The highest BCUT2D eigenvalue weighted by atomic mass is 19.1. The van der Waals surface area contributed by atoms with Crippen LogP contribution >= 0.6 is 0 Å². The van der Waals surface area contributed by atoms with Gasteiger partial charge in [-0.2, -0.15) is 5.10 Å². The molecule has 0 fully saturated rings. The number of halogens is 2. The molecule has 4 aromatic rings. The molecule has 25 heavy (non-hydrogen) atoms. The number of fused-ring (bicyclic) bond motifs is 1. The van der Waals surface area contributed by atoms with E-state index in [9.17, 15) is 8.78 Å². The van der Waals surface area contributed by atoms with Crippen LogP contribution in [-0.2, 0) is 0 Å². The van der Waals surface area contributed by atoms with Gasteiger partial charge in [-0.1, -0.05) is 12.1 Å². The normalized spacial score (nSPS) is 11.4. The molecule has 2 heterocycles. The van der Waals surface area contributed by atoms with Crippen molar-refractivity contribution in [1.29, 1.82) is 0 Å². The Kier molecular flexibility index (Phi) is 3.82. The number of nitrogens with one attached hydrogen (secondary N) is 1. The van der Waals surface area contributed by atoms with E-state index in [4.69, 9.17) is 0 Å². The zero-order valence-electron chi connectivity index (χ0n) is 13.1. The first-order chi connectivity index (χ1) is 12.2. The van der Waals surface area contributed by atoms with E-state index in [1.54, 1.807) is 18.5 Å². The standard InChI is InChI=1S/C20H13F2N3/c21-17-2-1-3-18(22)15(17)6-7-19-16-5-4-14(12-20(16)25-24-19)13-8-10-23-11-9-13/h1-12H,(H,24,25). The van der Waals surface area contributed by atoms with Crippen LogP contribution in [0.2, 0.25) is 0 Å². The highest BCUT2D eigenvalue weighted by Crippen LogP contribution is 2.25. The molecule has 0 aliphatic rings. The molecule has 0 aliphatic heterocycles. The fourth-order valence-electron chi connectivity index (χ4n) is 2.72. The van der Waals surface area contributed by atoms with Crippen molar-refractivity contribution < 1.29 is 8.78 Å². The van der Waals surface area contributed by atoms with Crippen LogP contribution in [0.1, 0.15) is 11.3 Å². The number of benzene rings is 2. The van der Waals surface area contributed by atoms with Crippen LogP contribution in [0.25, 0.3) is 34.2 Å². The number of H-pyrrole nitrogens is 1. The zero-order chi connectivity index (χ0) is 17.2. The Labute approximate surface area is 142 Å². The molecule has 5 heteroatoms. The van der Waals surface area contributed by atoms with Crippen molar-refractivity contribution in [2.24, 2.45) is 0 Å². The Morgan fingerprint density at radius 2 is 1.60 bits per heavy atom. The Bertz CT molecular complexity index is 1050. The lowest BCUT2D eigenvalue weighted by Gasteiger charge is -2.01. The molecule has 0 spiro atoms. The van der Waals surface area contributed by atoms with Gasteiger partial charge in [0, 0.05) is 23.3 Å². The van der Waals surface area contributed by atoms with Gasteiger partial charge >= 0.3 is 0 Å². The summed E-state index contributed by atoms with van der Waals surface area (Å²) < 4.78 is 27.4. The Hall–Kier alpha value is -3.34. The van der Waals surface area contributed by atoms with E-state index in [1.165, 1.54) is 24.3 Å². The van der Waals surface area contributed by atoms with Gasteiger partial charge in [-0.15, -0.1) is 0 Å². The average molecular weight is 333 g/mol. The average Bonchev–Trinajstić information content (AvgIpc) is 3.04. The number of aromatic nitrogens is 3. The summed E-state index contributed by atoms with van der Waals surface area (Å²) in [6.45, 7) is 0. The maximum Gasteiger partial charge on any atom is 0.133 e. The smallest absolute Gasteiger partial charge is 0.133 e. The molecule has 0 radical (unpaired) electrons. The summed E-state index contributed by atoms with van der Waals surface area (Å²) in [7, 11) is 0. The lowest BCUT2D eigenvalue weighted by atomic mass is 10.0. The first-order valence-electron chi connectivity index (χ1n) is 7.73. The predicted molar refractivity (Wildman–Crippen MR) is 94.6 cm³/mol. The summed E-state index contributed by atoms with van der Waals surface area (Å²) in [4.78, 5) is 4.01. The third-order valence-electron chi connectivity index (χ3n) is 4.01. The van der Waals surface area contributed by atoms with E-state index in [0.29, 0.717) is 5.69 Å². The van der Waals surface area contributed by atoms with Gasteiger partial charge in [-0.05, 0) is 59.7 Å². The molecule has 0 saturated carbocycles. The van der Waals surface area contributed by atoms with Crippen molar-refractivity contribution in [3.63, 3.8) is 0 Å². The summed E-state index contributed by atoms with van der Waals surface area (Å²) in [6, 6.07) is 13.6. The van der Waals surface area contributed by atoms with Gasteiger partial charge in [0.25, 0.3) is 0 Å². The van der Waals surface area contributed by atoms with E-state index in [-0.39, 0.29) is 5.56 Å². The van der Waals surface area contributed by atoms with E-state index >= 15 is 0 Å². The second-order valence-corrected chi connectivity index (χ2v) is 5.57. The summed E-state index contributed by atoms with van der Waals surface area (Å²) >= 11 is 0. The van der Waals surface area contributed by atoms with E-state index < -0.39 is 11.6 Å². The SMILES string of the molecule is Fc1cccc(F)c1C=Cc1n[nH]c2cc(-c3ccncc3)ccc12. The molecule has 0 amide bonds. The van der Waals surface area contributed by atoms with E-state index in [0.717, 1.165) is 22.0 Å². The third kappa shape index (κ3) is 2.92. The quantitative estimate of drug-likeness (QED) is 0.568. The van der Waals surface area contributed by atoms with Gasteiger partial charge < -0.3 is 0 Å². The zero-order valence-corrected chi connectivity index (χ0v) is 13.1. The molecular formula is C20H13F2N3. The highest BCUT2D eigenvalue weighted by molar-refractivity contribution is 5.92. The monoisotopic (exact) mass is 333 g/mol. The largest absolute Gasteiger partial charge is 0.277 e. The van der Waals surface area contributed by atoms with Crippen molar-refractivity contribution in [2.75, 3.05) is 0 Å². The minimum Gasteiger partial charge on any atom is -0.277 e. The minimum atomic E-state index is -0.601. The van der Waals surface area contributed by atoms with E-state index in [2.05, 4.69) is 15.2 Å². The van der Waals surface area contributed by atoms with Gasteiger partial charge in [-0.25, -0.2) is 8.78 Å². The summed E-state index contributed by atoms with van der Waals surface area (Å²) in [5.41, 5.74) is 3.49. The van der Waals surface area contributed by atoms with Crippen molar-refractivity contribution >= 4 is 23.1 Å². The fraction of sp³-hybridized carbons (Fsp3) is 0. The van der Waals surface area contributed by atoms with Crippen LogP contribution in [0, 0.1) is 11.6 Å². The number of nitrogens with zero attached hydrogens (tertiary/aromatic N) is 2. The topological polar surface area (TPSA) is 41.6 Å². The molecule has 0 aliphatic carbocycles. The molecule has 122 valence electrons. The molecule has 4 rings (SSSR count). The minimum absolute atomic E-state index is 0.0768. The van der Waals surface area contributed by atoms with Crippen LogP contribution in [-0.4, -0.2) is 15.2 Å². The number of pyridine rings is 1. The predicted octanol–water partition coefficient (Wildman–Crippen LogP) is 5.07. The van der Waals surface area contributed by atoms with Gasteiger partial charge in [0.05, 0.1) is 11.2 Å². The maximum atomic E-state index is 13.7. The van der Waals surface area contributed by atoms with Gasteiger partial charge in [-0.3, -0.25) is 10.1 Å². The molecule has 3 nitrogen and oxygen atoms in total. The van der Waals surface area contributed by atoms with Crippen LogP contribution in [0.4, 0.5) is 8.78 Å². The van der Waals surface area contributed by atoms with Gasteiger partial charge in [0.2, 0.25) is 0 Å².